The number of carbonyl (C=O) groups is 1. The van der Waals surface area contributed by atoms with Crippen molar-refractivity contribution in [2.24, 2.45) is 0 Å². The molecule has 1 aromatic carbocycles. The van der Waals surface area contributed by atoms with Crippen molar-refractivity contribution in [2.45, 2.75) is 13.0 Å². The molecule has 1 aromatic heterocycles. The molecule has 0 aliphatic carbocycles. The lowest BCUT2D eigenvalue weighted by Gasteiger charge is -2.13. The van der Waals surface area contributed by atoms with Crippen LogP contribution in [0.5, 0.6) is 0 Å². The molecule has 0 saturated heterocycles. The fourth-order valence-electron chi connectivity index (χ4n) is 1.56. The molecule has 1 N–H and O–H groups in total. The monoisotopic (exact) mass is 371 g/mol. The van der Waals surface area contributed by atoms with Gasteiger partial charge in [0.25, 0.3) is 5.91 Å². The second kappa shape index (κ2) is 5.71. The Hall–Kier alpha value is -1.07. The van der Waals surface area contributed by atoms with Crippen LogP contribution in [0.3, 0.4) is 0 Å². The first-order valence-electron chi connectivity index (χ1n) is 5.37. The van der Waals surface area contributed by atoms with E-state index in [1.807, 2.05) is 31.2 Å². The van der Waals surface area contributed by atoms with E-state index in [4.69, 9.17) is 4.42 Å². The number of halogens is 2. The van der Waals surface area contributed by atoms with Crippen molar-refractivity contribution in [3.8, 4) is 0 Å². The third kappa shape index (κ3) is 3.03. The third-order valence-corrected chi connectivity index (χ3v) is 3.72. The summed E-state index contributed by atoms with van der Waals surface area (Å²) in [5, 5.41) is 2.91. The van der Waals surface area contributed by atoms with E-state index in [0.29, 0.717) is 10.2 Å². The Kier molecular flexibility index (Phi) is 4.24. The molecule has 5 heteroatoms. The second-order valence-corrected chi connectivity index (χ2v) is 5.49. The summed E-state index contributed by atoms with van der Waals surface area (Å²) in [5.74, 6) is -0.161. The summed E-state index contributed by atoms with van der Waals surface area (Å²) < 4.78 is 6.50. The van der Waals surface area contributed by atoms with Crippen molar-refractivity contribution >= 4 is 37.8 Å². The zero-order valence-corrected chi connectivity index (χ0v) is 12.8. The molecule has 18 heavy (non-hydrogen) atoms. The average molecular weight is 373 g/mol. The van der Waals surface area contributed by atoms with Crippen LogP contribution in [0.15, 0.2) is 50.2 Å². The van der Waals surface area contributed by atoms with Crippen LogP contribution in [-0.4, -0.2) is 5.91 Å². The summed E-state index contributed by atoms with van der Waals surface area (Å²) in [7, 11) is 0. The smallest absolute Gasteiger partial charge is 0.256 e. The van der Waals surface area contributed by atoms with Gasteiger partial charge in [0.15, 0.2) is 4.67 Å². The molecule has 1 atom stereocenters. The fraction of sp³-hybridized carbons (Fsp3) is 0.154. The highest BCUT2D eigenvalue weighted by atomic mass is 79.9. The first kappa shape index (κ1) is 13.4. The van der Waals surface area contributed by atoms with Gasteiger partial charge in [-0.05, 0) is 46.6 Å². The largest absolute Gasteiger partial charge is 0.457 e. The molecule has 0 aliphatic rings. The Balaban J connectivity index is 2.08. The van der Waals surface area contributed by atoms with Gasteiger partial charge in [-0.2, -0.15) is 0 Å². The lowest BCUT2D eigenvalue weighted by atomic mass is 10.1. The molecule has 2 rings (SSSR count). The number of nitrogens with one attached hydrogen (secondary N) is 1. The molecule has 2 aromatic rings. The van der Waals surface area contributed by atoms with Crippen molar-refractivity contribution in [3.63, 3.8) is 0 Å². The van der Waals surface area contributed by atoms with E-state index in [1.54, 1.807) is 6.07 Å². The van der Waals surface area contributed by atoms with Crippen molar-refractivity contribution < 1.29 is 9.21 Å². The zero-order chi connectivity index (χ0) is 13.1. The summed E-state index contributed by atoms with van der Waals surface area (Å²) >= 11 is 6.57. The molecule has 1 heterocycles. The molecule has 0 fully saturated rings. The van der Waals surface area contributed by atoms with Gasteiger partial charge < -0.3 is 9.73 Å². The average Bonchev–Trinajstić information content (AvgIpc) is 2.76. The molecule has 0 saturated carbocycles. The fourth-order valence-corrected chi connectivity index (χ4v) is 2.25. The van der Waals surface area contributed by atoms with E-state index >= 15 is 0 Å². The van der Waals surface area contributed by atoms with E-state index in [0.717, 1.165) is 10.0 Å². The number of carbonyl (C=O) groups excluding carboxylic acids is 1. The molecular formula is C13H11Br2NO2. The Morgan fingerprint density at radius 1 is 1.22 bits per heavy atom. The standard InChI is InChI=1S/C13H11Br2NO2/c1-8(9-2-4-10(14)5-3-9)16-13(17)11-6-7-18-12(11)15/h2-8H,1H3,(H,16,17)/t8-/m0/s1. The van der Waals surface area contributed by atoms with Gasteiger partial charge in [-0.15, -0.1) is 0 Å². The molecule has 1 amide bonds. The number of amides is 1. The maximum atomic E-state index is 12.0. The summed E-state index contributed by atoms with van der Waals surface area (Å²) in [5.41, 5.74) is 1.55. The van der Waals surface area contributed by atoms with E-state index in [9.17, 15) is 4.79 Å². The minimum Gasteiger partial charge on any atom is -0.457 e. The van der Waals surface area contributed by atoms with E-state index < -0.39 is 0 Å². The van der Waals surface area contributed by atoms with Crippen molar-refractivity contribution in [1.82, 2.24) is 5.32 Å². The Labute approximate surface area is 122 Å². The predicted octanol–water partition coefficient (Wildman–Crippen LogP) is 4.30. The Morgan fingerprint density at radius 2 is 1.89 bits per heavy atom. The molecule has 0 unspecified atom stereocenters. The van der Waals surface area contributed by atoms with E-state index in [-0.39, 0.29) is 11.9 Å². The quantitative estimate of drug-likeness (QED) is 0.872. The van der Waals surface area contributed by atoms with Crippen molar-refractivity contribution in [1.29, 1.82) is 0 Å². The third-order valence-electron chi connectivity index (χ3n) is 2.58. The highest BCUT2D eigenvalue weighted by molar-refractivity contribution is 9.10. The lowest BCUT2D eigenvalue weighted by molar-refractivity contribution is 0.0938. The van der Waals surface area contributed by atoms with Gasteiger partial charge in [0.05, 0.1) is 17.9 Å². The van der Waals surface area contributed by atoms with Crippen LogP contribution in [-0.2, 0) is 0 Å². The highest BCUT2D eigenvalue weighted by Crippen LogP contribution is 2.20. The molecular weight excluding hydrogens is 362 g/mol. The first-order chi connectivity index (χ1) is 8.58. The Bertz CT molecular complexity index is 548. The molecule has 94 valence electrons. The van der Waals surface area contributed by atoms with Crippen LogP contribution in [0, 0.1) is 0 Å². The van der Waals surface area contributed by atoms with Gasteiger partial charge in [0.1, 0.15) is 0 Å². The van der Waals surface area contributed by atoms with Gasteiger partial charge in [0.2, 0.25) is 0 Å². The number of hydrogen-bond acceptors (Lipinski definition) is 2. The van der Waals surface area contributed by atoms with Gasteiger partial charge in [-0.25, -0.2) is 0 Å². The number of hydrogen-bond donors (Lipinski definition) is 1. The van der Waals surface area contributed by atoms with Crippen molar-refractivity contribution in [2.75, 3.05) is 0 Å². The lowest BCUT2D eigenvalue weighted by Crippen LogP contribution is -2.26. The second-order valence-electron chi connectivity index (χ2n) is 3.85. The first-order valence-corrected chi connectivity index (χ1v) is 6.96. The minimum absolute atomic E-state index is 0.0626. The summed E-state index contributed by atoms with van der Waals surface area (Å²) in [6, 6.07) is 9.41. The van der Waals surface area contributed by atoms with Gasteiger partial charge >= 0.3 is 0 Å². The molecule has 0 bridgehead atoms. The summed E-state index contributed by atoms with van der Waals surface area (Å²) in [6.45, 7) is 1.94. The SMILES string of the molecule is C[C@H](NC(=O)c1ccoc1Br)c1ccc(Br)cc1. The molecule has 0 radical (unpaired) electrons. The highest BCUT2D eigenvalue weighted by Gasteiger charge is 2.15. The minimum atomic E-state index is -0.161. The number of furan rings is 1. The van der Waals surface area contributed by atoms with Crippen molar-refractivity contribution in [3.05, 3.63) is 56.9 Å². The van der Waals surface area contributed by atoms with Crippen LogP contribution in [0.25, 0.3) is 0 Å². The molecule has 0 aliphatic heterocycles. The van der Waals surface area contributed by atoms with Gasteiger partial charge in [-0.3, -0.25) is 4.79 Å². The van der Waals surface area contributed by atoms with Gasteiger partial charge in [0, 0.05) is 4.47 Å². The van der Waals surface area contributed by atoms with Crippen LogP contribution in [0.4, 0.5) is 0 Å². The Morgan fingerprint density at radius 3 is 2.44 bits per heavy atom. The molecule has 3 nitrogen and oxygen atoms in total. The van der Waals surface area contributed by atoms with E-state index in [1.165, 1.54) is 6.26 Å². The van der Waals surface area contributed by atoms with Gasteiger partial charge in [-0.1, -0.05) is 28.1 Å². The summed E-state index contributed by atoms with van der Waals surface area (Å²) in [4.78, 5) is 12.0. The number of benzene rings is 1. The zero-order valence-electron chi connectivity index (χ0n) is 9.61. The maximum Gasteiger partial charge on any atom is 0.256 e. The van der Waals surface area contributed by atoms with Crippen LogP contribution in [0.2, 0.25) is 0 Å². The maximum absolute atomic E-state index is 12.0. The number of rotatable bonds is 3. The predicted molar refractivity (Wildman–Crippen MR) is 76.4 cm³/mol. The van der Waals surface area contributed by atoms with E-state index in [2.05, 4.69) is 37.2 Å². The summed E-state index contributed by atoms with van der Waals surface area (Å²) in [6.07, 6.45) is 1.48. The van der Waals surface area contributed by atoms with Crippen LogP contribution < -0.4 is 5.32 Å². The van der Waals surface area contributed by atoms with Crippen LogP contribution in [0.1, 0.15) is 28.9 Å². The topological polar surface area (TPSA) is 42.2 Å². The normalized spacial score (nSPS) is 12.2. The van der Waals surface area contributed by atoms with Crippen LogP contribution >= 0.6 is 31.9 Å². The molecule has 0 spiro atoms.